The van der Waals surface area contributed by atoms with Gasteiger partial charge in [-0.25, -0.2) is 9.78 Å². The summed E-state index contributed by atoms with van der Waals surface area (Å²) in [6.45, 7) is 1.65. The molecule has 0 saturated heterocycles. The van der Waals surface area contributed by atoms with E-state index in [0.717, 1.165) is 0 Å². The van der Waals surface area contributed by atoms with Crippen molar-refractivity contribution >= 4 is 17.5 Å². The number of nitriles is 1. The molecule has 1 rings (SSSR count). The van der Waals surface area contributed by atoms with Gasteiger partial charge >= 0.3 is 11.7 Å². The molecule has 0 aliphatic rings. The van der Waals surface area contributed by atoms with E-state index >= 15 is 0 Å². The fraction of sp³-hybridized carbons (Fsp3) is 0.364. The number of carboxylic acid groups (broad SMARTS) is 1. The summed E-state index contributed by atoms with van der Waals surface area (Å²) in [7, 11) is 1.40. The Bertz CT molecular complexity index is 552. The lowest BCUT2D eigenvalue weighted by atomic mass is 10.1. The number of pyridine rings is 1. The average molecular weight is 264 g/mol. The predicted molar refractivity (Wildman–Crippen MR) is 65.7 cm³/mol. The summed E-state index contributed by atoms with van der Waals surface area (Å²) in [4.78, 5) is 26.4. The van der Waals surface area contributed by atoms with Crippen LogP contribution in [0.15, 0.2) is 12.3 Å². The molecule has 0 aliphatic carbocycles. The van der Waals surface area contributed by atoms with Crippen LogP contribution < -0.4 is 4.90 Å². The predicted octanol–water partition coefficient (Wildman–Crippen LogP) is 1.16. The number of aliphatic carboxylic acids is 1. The third-order valence-electron chi connectivity index (χ3n) is 2.68. The van der Waals surface area contributed by atoms with Crippen LogP contribution in [0.5, 0.6) is 0 Å². The summed E-state index contributed by atoms with van der Waals surface area (Å²) in [5, 5.41) is 28.9. The van der Waals surface area contributed by atoms with E-state index in [9.17, 15) is 14.9 Å². The zero-order valence-corrected chi connectivity index (χ0v) is 10.4. The Kier molecular flexibility index (Phi) is 4.36. The summed E-state index contributed by atoms with van der Waals surface area (Å²) >= 11 is 0. The zero-order chi connectivity index (χ0) is 14.6. The lowest BCUT2D eigenvalue weighted by molar-refractivity contribution is -0.384. The van der Waals surface area contributed by atoms with Gasteiger partial charge in [-0.2, -0.15) is 5.26 Å². The van der Waals surface area contributed by atoms with E-state index in [2.05, 4.69) is 4.98 Å². The number of carbonyl (C=O) groups is 1. The monoisotopic (exact) mass is 264 g/mol. The second kappa shape index (κ2) is 5.77. The van der Waals surface area contributed by atoms with Gasteiger partial charge in [-0.05, 0) is 12.5 Å². The molecule has 0 amide bonds. The molecule has 1 N–H and O–H groups in total. The molecule has 1 aromatic rings. The average Bonchev–Trinajstić information content (AvgIpc) is 2.37. The topological polar surface area (TPSA) is 120 Å². The summed E-state index contributed by atoms with van der Waals surface area (Å²) in [5.41, 5.74) is -0.630. The fourth-order valence-corrected chi connectivity index (χ4v) is 1.73. The highest BCUT2D eigenvalue weighted by Crippen LogP contribution is 2.29. The van der Waals surface area contributed by atoms with Crippen LogP contribution in [0.25, 0.3) is 0 Å². The molecule has 0 fully saturated rings. The van der Waals surface area contributed by atoms with E-state index < -0.39 is 22.6 Å². The second-order valence-corrected chi connectivity index (χ2v) is 3.77. The molecule has 0 aromatic carbocycles. The van der Waals surface area contributed by atoms with Gasteiger partial charge in [-0.15, -0.1) is 0 Å². The van der Waals surface area contributed by atoms with Crippen LogP contribution in [0.3, 0.4) is 0 Å². The Hall–Kier alpha value is -2.69. The van der Waals surface area contributed by atoms with Gasteiger partial charge in [-0.3, -0.25) is 10.1 Å². The standard InChI is InChI=1S/C11H12N4O4/c1-3-8(11(16)17)14(2)10-9(15(18)19)7(6-12)4-5-13-10/h4-5,8H,3H2,1-2H3,(H,16,17). The van der Waals surface area contributed by atoms with E-state index in [1.165, 1.54) is 24.2 Å². The number of aromatic nitrogens is 1. The molecular formula is C11H12N4O4. The smallest absolute Gasteiger partial charge is 0.329 e. The van der Waals surface area contributed by atoms with Gasteiger partial charge in [0, 0.05) is 13.2 Å². The molecular weight excluding hydrogens is 252 g/mol. The van der Waals surface area contributed by atoms with Gasteiger partial charge in [0.1, 0.15) is 17.7 Å². The van der Waals surface area contributed by atoms with Gasteiger partial charge in [0.05, 0.1) is 4.92 Å². The SMILES string of the molecule is CCC(C(=O)O)N(C)c1nccc(C#N)c1[N+](=O)[O-]. The van der Waals surface area contributed by atoms with Crippen molar-refractivity contribution in [1.29, 1.82) is 5.26 Å². The van der Waals surface area contributed by atoms with Gasteiger partial charge in [0.2, 0.25) is 5.82 Å². The lowest BCUT2D eigenvalue weighted by Crippen LogP contribution is -2.38. The van der Waals surface area contributed by atoms with Crippen molar-refractivity contribution in [3.8, 4) is 6.07 Å². The summed E-state index contributed by atoms with van der Waals surface area (Å²) in [6.07, 6.45) is 1.49. The van der Waals surface area contributed by atoms with Crippen LogP contribution in [0, 0.1) is 21.4 Å². The van der Waals surface area contributed by atoms with Crippen LogP contribution in [-0.4, -0.2) is 34.1 Å². The molecule has 0 radical (unpaired) electrons. The lowest BCUT2D eigenvalue weighted by Gasteiger charge is -2.24. The van der Waals surface area contributed by atoms with Crippen molar-refractivity contribution in [2.24, 2.45) is 0 Å². The highest BCUT2D eigenvalue weighted by Gasteiger charge is 2.30. The zero-order valence-electron chi connectivity index (χ0n) is 10.4. The Morgan fingerprint density at radius 1 is 1.74 bits per heavy atom. The van der Waals surface area contributed by atoms with Crippen molar-refractivity contribution in [2.75, 3.05) is 11.9 Å². The van der Waals surface area contributed by atoms with Gasteiger partial charge in [0.15, 0.2) is 0 Å². The number of hydrogen-bond acceptors (Lipinski definition) is 6. The molecule has 1 unspecified atom stereocenters. The van der Waals surface area contributed by atoms with Crippen LogP contribution in [0.4, 0.5) is 11.5 Å². The van der Waals surface area contributed by atoms with E-state index in [0.29, 0.717) is 0 Å². The van der Waals surface area contributed by atoms with Crippen LogP contribution >= 0.6 is 0 Å². The van der Waals surface area contributed by atoms with E-state index in [4.69, 9.17) is 10.4 Å². The number of hydrogen-bond donors (Lipinski definition) is 1. The van der Waals surface area contributed by atoms with Crippen LogP contribution in [0.1, 0.15) is 18.9 Å². The van der Waals surface area contributed by atoms with Gasteiger partial charge < -0.3 is 10.0 Å². The molecule has 0 saturated carbocycles. The largest absolute Gasteiger partial charge is 0.480 e. The van der Waals surface area contributed by atoms with Crippen molar-refractivity contribution in [3.63, 3.8) is 0 Å². The van der Waals surface area contributed by atoms with Crippen LogP contribution in [-0.2, 0) is 4.79 Å². The number of nitrogens with zero attached hydrogens (tertiary/aromatic N) is 4. The maximum Gasteiger partial charge on any atom is 0.329 e. The Labute approximate surface area is 109 Å². The minimum Gasteiger partial charge on any atom is -0.480 e. The Morgan fingerprint density at radius 3 is 2.79 bits per heavy atom. The van der Waals surface area contributed by atoms with Crippen molar-refractivity contribution < 1.29 is 14.8 Å². The second-order valence-electron chi connectivity index (χ2n) is 3.77. The molecule has 8 nitrogen and oxygen atoms in total. The molecule has 1 atom stereocenters. The molecule has 0 aliphatic heterocycles. The first-order valence-electron chi connectivity index (χ1n) is 5.43. The van der Waals surface area contributed by atoms with Gasteiger partial charge in [-0.1, -0.05) is 6.92 Å². The normalized spacial score (nSPS) is 11.4. The first-order valence-corrected chi connectivity index (χ1v) is 5.43. The van der Waals surface area contributed by atoms with E-state index in [-0.39, 0.29) is 17.8 Å². The summed E-state index contributed by atoms with van der Waals surface area (Å²) in [6, 6.07) is 1.98. The molecule has 0 bridgehead atoms. The van der Waals surface area contributed by atoms with E-state index in [1.54, 1.807) is 13.0 Å². The minimum atomic E-state index is -1.11. The third-order valence-corrected chi connectivity index (χ3v) is 2.68. The maximum absolute atomic E-state index is 11.1. The number of anilines is 1. The van der Waals surface area contributed by atoms with Gasteiger partial charge in [0.25, 0.3) is 0 Å². The van der Waals surface area contributed by atoms with E-state index in [1.807, 2.05) is 0 Å². The third kappa shape index (κ3) is 2.77. The van der Waals surface area contributed by atoms with Crippen molar-refractivity contribution in [3.05, 3.63) is 27.9 Å². The fourth-order valence-electron chi connectivity index (χ4n) is 1.73. The molecule has 19 heavy (non-hydrogen) atoms. The maximum atomic E-state index is 11.1. The highest BCUT2D eigenvalue weighted by molar-refractivity contribution is 5.79. The Balaban J connectivity index is 3.38. The number of nitro groups is 1. The molecule has 1 aromatic heterocycles. The number of likely N-dealkylation sites (N-methyl/N-ethyl adjacent to an activating group) is 1. The van der Waals surface area contributed by atoms with Crippen molar-refractivity contribution in [2.45, 2.75) is 19.4 Å². The van der Waals surface area contributed by atoms with Crippen molar-refractivity contribution in [1.82, 2.24) is 4.98 Å². The molecule has 100 valence electrons. The van der Waals surface area contributed by atoms with Crippen LogP contribution in [0.2, 0.25) is 0 Å². The number of carboxylic acids is 1. The molecule has 8 heteroatoms. The quantitative estimate of drug-likeness (QED) is 0.625. The molecule has 1 heterocycles. The highest BCUT2D eigenvalue weighted by atomic mass is 16.6. The molecule has 0 spiro atoms. The Morgan fingerprint density at radius 2 is 2.37 bits per heavy atom. The number of rotatable bonds is 5. The minimum absolute atomic E-state index is 0.127. The summed E-state index contributed by atoms with van der Waals surface area (Å²) in [5.74, 6) is -1.23. The first kappa shape index (κ1) is 14.4. The summed E-state index contributed by atoms with van der Waals surface area (Å²) < 4.78 is 0. The first-order chi connectivity index (χ1) is 8.93.